The Kier molecular flexibility index (Phi) is 6.30. The summed E-state index contributed by atoms with van der Waals surface area (Å²) in [7, 11) is 0. The normalized spacial score (nSPS) is 17.4. The molecule has 2 atom stereocenters. The third-order valence-corrected chi connectivity index (χ3v) is 6.57. The maximum atomic E-state index is 14.3. The van der Waals surface area contributed by atoms with E-state index in [0.717, 1.165) is 38.0 Å². The van der Waals surface area contributed by atoms with Crippen LogP contribution in [0.25, 0.3) is 0 Å². The lowest BCUT2D eigenvalue weighted by Gasteiger charge is -2.35. The molecule has 0 N–H and O–H groups in total. The molecule has 1 aliphatic rings. The molecule has 0 aliphatic carbocycles. The summed E-state index contributed by atoms with van der Waals surface area (Å²) in [6.07, 6.45) is -0.274. The Morgan fingerprint density at radius 3 is 2.45 bits per heavy atom. The van der Waals surface area contributed by atoms with Gasteiger partial charge in [-0.1, -0.05) is 70.5 Å². The van der Waals surface area contributed by atoms with Crippen molar-refractivity contribution in [3.8, 4) is 5.75 Å². The van der Waals surface area contributed by atoms with Crippen molar-refractivity contribution in [3.63, 3.8) is 0 Å². The summed E-state index contributed by atoms with van der Waals surface area (Å²) < 4.78 is 27.7. The summed E-state index contributed by atoms with van der Waals surface area (Å²) in [6, 6.07) is 29.8. The Bertz CT molecular complexity index is 1230. The fourth-order valence-corrected chi connectivity index (χ4v) is 4.79. The van der Waals surface area contributed by atoms with Crippen molar-refractivity contribution in [1.29, 1.82) is 0 Å². The predicted octanol–water partition coefficient (Wildman–Crippen LogP) is 7.88. The standard InChI is InChI=1S/C29H24BrFO2/c1-19-13-22(15-25(31)14-19)29-28(21-7-9-24(30)10-8-21)27-12-11-26(16-23(27)18-33-29)32-17-20-5-3-2-4-6-20/h2-16,28-29H,17-18H2,1H3. The van der Waals surface area contributed by atoms with Gasteiger partial charge in [0.2, 0.25) is 0 Å². The second-order valence-corrected chi connectivity index (χ2v) is 9.37. The molecule has 2 nitrogen and oxygen atoms in total. The molecular formula is C29H24BrFO2. The van der Waals surface area contributed by atoms with E-state index in [0.29, 0.717) is 13.2 Å². The van der Waals surface area contributed by atoms with E-state index >= 15 is 0 Å². The van der Waals surface area contributed by atoms with Crippen LogP contribution in [0.2, 0.25) is 0 Å². The third-order valence-electron chi connectivity index (χ3n) is 6.04. The van der Waals surface area contributed by atoms with Crippen LogP contribution in [0.5, 0.6) is 5.75 Å². The molecular weight excluding hydrogens is 479 g/mol. The number of fused-ring (bicyclic) bond motifs is 1. The highest BCUT2D eigenvalue weighted by molar-refractivity contribution is 9.10. The number of hydrogen-bond donors (Lipinski definition) is 0. The summed E-state index contributed by atoms with van der Waals surface area (Å²) in [5.41, 5.74) is 6.28. The summed E-state index contributed by atoms with van der Waals surface area (Å²) in [5, 5.41) is 0. The maximum absolute atomic E-state index is 14.3. The molecule has 4 heteroatoms. The summed E-state index contributed by atoms with van der Waals surface area (Å²) >= 11 is 3.53. The van der Waals surface area contributed by atoms with Gasteiger partial charge in [0.05, 0.1) is 12.7 Å². The zero-order valence-electron chi connectivity index (χ0n) is 18.3. The van der Waals surface area contributed by atoms with Crippen molar-refractivity contribution >= 4 is 15.9 Å². The molecule has 0 aromatic heterocycles. The average molecular weight is 503 g/mol. The van der Waals surface area contributed by atoms with E-state index in [1.165, 1.54) is 5.56 Å². The van der Waals surface area contributed by atoms with E-state index in [1.54, 1.807) is 12.1 Å². The van der Waals surface area contributed by atoms with Gasteiger partial charge in [-0.2, -0.15) is 0 Å². The molecule has 0 spiro atoms. The number of benzene rings is 4. The van der Waals surface area contributed by atoms with E-state index in [1.807, 2.05) is 49.4 Å². The molecule has 166 valence electrons. The first-order valence-electron chi connectivity index (χ1n) is 11.0. The number of rotatable bonds is 5. The summed E-state index contributed by atoms with van der Waals surface area (Å²) in [4.78, 5) is 0. The number of hydrogen-bond acceptors (Lipinski definition) is 2. The van der Waals surface area contributed by atoms with Crippen LogP contribution in [0.15, 0.2) is 95.5 Å². The van der Waals surface area contributed by atoms with Gasteiger partial charge < -0.3 is 9.47 Å². The van der Waals surface area contributed by atoms with Crippen LogP contribution in [0.4, 0.5) is 4.39 Å². The quantitative estimate of drug-likeness (QED) is 0.276. The molecule has 1 aliphatic heterocycles. The second-order valence-electron chi connectivity index (χ2n) is 8.46. The van der Waals surface area contributed by atoms with Crippen molar-refractivity contribution < 1.29 is 13.9 Å². The first-order chi connectivity index (χ1) is 16.1. The van der Waals surface area contributed by atoms with Crippen LogP contribution in [0.1, 0.15) is 45.4 Å². The molecule has 33 heavy (non-hydrogen) atoms. The monoisotopic (exact) mass is 502 g/mol. The molecule has 4 aromatic rings. The van der Waals surface area contributed by atoms with Crippen LogP contribution in [-0.4, -0.2) is 0 Å². The van der Waals surface area contributed by atoms with Crippen molar-refractivity contribution in [2.75, 3.05) is 0 Å². The highest BCUT2D eigenvalue weighted by Crippen LogP contribution is 2.46. The van der Waals surface area contributed by atoms with Gasteiger partial charge in [-0.3, -0.25) is 0 Å². The average Bonchev–Trinajstić information content (AvgIpc) is 2.82. The van der Waals surface area contributed by atoms with E-state index in [4.69, 9.17) is 9.47 Å². The van der Waals surface area contributed by atoms with Crippen molar-refractivity contribution in [1.82, 2.24) is 0 Å². The molecule has 2 unspecified atom stereocenters. The van der Waals surface area contributed by atoms with Gasteiger partial charge in [0.1, 0.15) is 18.2 Å². The first kappa shape index (κ1) is 21.9. The van der Waals surface area contributed by atoms with Crippen LogP contribution >= 0.6 is 15.9 Å². The smallest absolute Gasteiger partial charge is 0.123 e. The first-order valence-corrected chi connectivity index (χ1v) is 11.8. The Labute approximate surface area is 202 Å². The fraction of sp³-hybridized carbons (Fsp3) is 0.172. The van der Waals surface area contributed by atoms with Gasteiger partial charge in [-0.25, -0.2) is 4.39 Å². The minimum atomic E-state index is -0.274. The fourth-order valence-electron chi connectivity index (χ4n) is 4.52. The summed E-state index contributed by atoms with van der Waals surface area (Å²) in [5.74, 6) is 0.528. The van der Waals surface area contributed by atoms with Gasteiger partial charge >= 0.3 is 0 Å². The maximum Gasteiger partial charge on any atom is 0.123 e. The van der Waals surface area contributed by atoms with Crippen LogP contribution < -0.4 is 4.74 Å². The van der Waals surface area contributed by atoms with Gasteiger partial charge in [-0.05, 0) is 76.7 Å². The molecule has 0 saturated heterocycles. The molecule has 0 saturated carbocycles. The van der Waals surface area contributed by atoms with Crippen LogP contribution in [0.3, 0.4) is 0 Å². The molecule has 0 fully saturated rings. The van der Waals surface area contributed by atoms with Gasteiger partial charge in [0, 0.05) is 10.4 Å². The van der Waals surface area contributed by atoms with Crippen molar-refractivity contribution in [2.24, 2.45) is 0 Å². The molecule has 0 amide bonds. The lowest BCUT2D eigenvalue weighted by Crippen LogP contribution is -2.23. The highest BCUT2D eigenvalue weighted by atomic mass is 79.9. The van der Waals surface area contributed by atoms with Crippen molar-refractivity contribution in [3.05, 3.63) is 135 Å². The molecule has 0 bridgehead atoms. The zero-order valence-corrected chi connectivity index (χ0v) is 19.9. The molecule has 4 aromatic carbocycles. The van der Waals surface area contributed by atoms with Crippen molar-refractivity contribution in [2.45, 2.75) is 32.2 Å². The molecule has 5 rings (SSSR count). The highest BCUT2D eigenvalue weighted by Gasteiger charge is 2.33. The molecule has 0 radical (unpaired) electrons. The lowest BCUT2D eigenvalue weighted by atomic mass is 9.79. The van der Waals surface area contributed by atoms with Gasteiger partial charge in [-0.15, -0.1) is 0 Å². The third kappa shape index (κ3) is 4.87. The Morgan fingerprint density at radius 2 is 1.70 bits per heavy atom. The Balaban J connectivity index is 1.50. The topological polar surface area (TPSA) is 18.5 Å². The van der Waals surface area contributed by atoms with E-state index in [2.05, 4.69) is 52.3 Å². The SMILES string of the molecule is Cc1cc(F)cc(C2OCc3cc(OCc4ccccc4)ccc3C2c2ccc(Br)cc2)c1. The Morgan fingerprint density at radius 1 is 0.909 bits per heavy atom. The predicted molar refractivity (Wildman–Crippen MR) is 132 cm³/mol. The van der Waals surface area contributed by atoms with Gasteiger partial charge in [0.25, 0.3) is 0 Å². The number of ether oxygens (including phenoxy) is 2. The number of aryl methyl sites for hydroxylation is 1. The van der Waals surface area contributed by atoms with E-state index in [-0.39, 0.29) is 17.8 Å². The lowest BCUT2D eigenvalue weighted by molar-refractivity contribution is 0.0145. The largest absolute Gasteiger partial charge is 0.489 e. The van der Waals surface area contributed by atoms with Crippen LogP contribution in [0, 0.1) is 12.7 Å². The summed E-state index contributed by atoms with van der Waals surface area (Å²) in [6.45, 7) is 2.88. The van der Waals surface area contributed by atoms with Crippen LogP contribution in [-0.2, 0) is 18.0 Å². The Hall–Kier alpha value is -2.95. The zero-order chi connectivity index (χ0) is 22.8. The molecule has 1 heterocycles. The minimum Gasteiger partial charge on any atom is -0.489 e. The van der Waals surface area contributed by atoms with E-state index < -0.39 is 0 Å². The van der Waals surface area contributed by atoms with Gasteiger partial charge in [0.15, 0.2) is 0 Å². The van der Waals surface area contributed by atoms with E-state index in [9.17, 15) is 4.39 Å². The minimum absolute atomic E-state index is 0.0498. The second kappa shape index (κ2) is 9.50. The number of halogens is 2.